The van der Waals surface area contributed by atoms with Crippen LogP contribution in [0.3, 0.4) is 0 Å². The molecule has 0 amide bonds. The number of aryl methyl sites for hydroxylation is 2. The molecule has 6 nitrogen and oxygen atoms in total. The van der Waals surface area contributed by atoms with E-state index in [4.69, 9.17) is 10.2 Å². The van der Waals surface area contributed by atoms with E-state index in [1.165, 1.54) is 0 Å². The summed E-state index contributed by atoms with van der Waals surface area (Å²) in [5, 5.41) is 3.29. The molecule has 2 rings (SSSR count). The molecule has 2 aromatic heterocycles. The fourth-order valence-electron chi connectivity index (χ4n) is 1.90. The highest BCUT2D eigenvalue weighted by Gasteiger charge is 2.15. The van der Waals surface area contributed by atoms with E-state index in [0.29, 0.717) is 11.7 Å². The van der Waals surface area contributed by atoms with Gasteiger partial charge in [0.15, 0.2) is 0 Å². The van der Waals surface area contributed by atoms with Crippen molar-refractivity contribution in [2.45, 2.75) is 46.6 Å². The van der Waals surface area contributed by atoms with E-state index < -0.39 is 0 Å². The zero-order valence-corrected chi connectivity index (χ0v) is 12.4. The molecule has 2 heterocycles. The van der Waals surface area contributed by atoms with Crippen LogP contribution in [0, 0.1) is 13.8 Å². The highest BCUT2D eigenvalue weighted by molar-refractivity contribution is 5.55. The van der Waals surface area contributed by atoms with Crippen molar-refractivity contribution in [3.63, 3.8) is 0 Å². The quantitative estimate of drug-likeness (QED) is 0.872. The van der Waals surface area contributed by atoms with Gasteiger partial charge in [-0.1, -0.05) is 6.92 Å². The molecule has 108 valence electrons. The van der Waals surface area contributed by atoms with Gasteiger partial charge < -0.3 is 15.5 Å². The Labute approximate surface area is 118 Å². The zero-order chi connectivity index (χ0) is 14.7. The molecule has 0 aliphatic carbocycles. The largest absolute Gasteiger partial charge is 0.444 e. The van der Waals surface area contributed by atoms with E-state index in [1.54, 1.807) is 6.20 Å². The smallest absolute Gasteiger partial charge is 0.216 e. The van der Waals surface area contributed by atoms with Gasteiger partial charge in [-0.05, 0) is 27.2 Å². The third-order valence-electron chi connectivity index (χ3n) is 3.07. The van der Waals surface area contributed by atoms with E-state index in [1.807, 2.05) is 20.8 Å². The Balaban J connectivity index is 2.23. The Morgan fingerprint density at radius 2 is 2.10 bits per heavy atom. The average Bonchev–Trinajstić information content (AvgIpc) is 2.82. The maximum Gasteiger partial charge on any atom is 0.216 e. The Morgan fingerprint density at radius 1 is 1.35 bits per heavy atom. The molecule has 0 saturated heterocycles. The number of hydrogen-bond donors (Lipinski definition) is 2. The van der Waals surface area contributed by atoms with Crippen molar-refractivity contribution < 1.29 is 4.42 Å². The summed E-state index contributed by atoms with van der Waals surface area (Å²) in [5.74, 6) is 3.44. The minimum Gasteiger partial charge on any atom is -0.444 e. The fourth-order valence-corrected chi connectivity index (χ4v) is 1.90. The summed E-state index contributed by atoms with van der Waals surface area (Å²) in [6.07, 6.45) is 3.50. The summed E-state index contributed by atoms with van der Waals surface area (Å²) in [6.45, 7) is 7.84. The highest BCUT2D eigenvalue weighted by Crippen LogP contribution is 2.23. The topological polar surface area (TPSA) is 89.9 Å². The Kier molecular flexibility index (Phi) is 4.22. The number of nitrogen functional groups attached to an aromatic ring is 1. The molecule has 0 saturated carbocycles. The average molecular weight is 275 g/mol. The summed E-state index contributed by atoms with van der Waals surface area (Å²) < 4.78 is 5.52. The van der Waals surface area contributed by atoms with Crippen LogP contribution in [0.2, 0.25) is 0 Å². The summed E-state index contributed by atoms with van der Waals surface area (Å²) >= 11 is 0. The molecule has 0 aliphatic heterocycles. The molecule has 0 aromatic carbocycles. The molecular weight excluding hydrogens is 254 g/mol. The van der Waals surface area contributed by atoms with E-state index in [2.05, 4.69) is 27.2 Å². The second-order valence-corrected chi connectivity index (χ2v) is 4.92. The van der Waals surface area contributed by atoms with Crippen LogP contribution in [0.1, 0.15) is 49.3 Å². The number of anilines is 2. The molecule has 0 aliphatic rings. The van der Waals surface area contributed by atoms with Gasteiger partial charge in [0.25, 0.3) is 0 Å². The van der Waals surface area contributed by atoms with Crippen molar-refractivity contribution in [1.82, 2.24) is 15.0 Å². The lowest BCUT2D eigenvalue weighted by atomic mass is 10.2. The molecule has 20 heavy (non-hydrogen) atoms. The first kappa shape index (κ1) is 14.3. The van der Waals surface area contributed by atoms with Crippen molar-refractivity contribution in [2.24, 2.45) is 0 Å². The number of oxazole rings is 1. The standard InChI is InChI=1S/C14H21N5O/c1-5-6-11-18-12(15)9(3)13(19-11)17-10(4)14-16-7-8(2)20-14/h7,10H,5-6H2,1-4H3,(H3,15,17,18,19). The third kappa shape index (κ3) is 3.07. The van der Waals surface area contributed by atoms with Crippen LogP contribution in [0.5, 0.6) is 0 Å². The second-order valence-electron chi connectivity index (χ2n) is 4.92. The van der Waals surface area contributed by atoms with Crippen LogP contribution in [0.25, 0.3) is 0 Å². The van der Waals surface area contributed by atoms with Gasteiger partial charge in [0.2, 0.25) is 5.89 Å². The first-order valence-corrected chi connectivity index (χ1v) is 6.83. The van der Waals surface area contributed by atoms with Crippen LogP contribution in [-0.2, 0) is 6.42 Å². The third-order valence-corrected chi connectivity index (χ3v) is 3.07. The van der Waals surface area contributed by atoms with E-state index in [9.17, 15) is 0 Å². The summed E-state index contributed by atoms with van der Waals surface area (Å²) in [7, 11) is 0. The van der Waals surface area contributed by atoms with Crippen molar-refractivity contribution in [3.05, 3.63) is 29.2 Å². The number of nitrogens with zero attached hydrogens (tertiary/aromatic N) is 3. The lowest BCUT2D eigenvalue weighted by Gasteiger charge is -2.15. The first-order chi connectivity index (χ1) is 9.51. The molecule has 0 radical (unpaired) electrons. The van der Waals surface area contributed by atoms with Gasteiger partial charge in [-0.15, -0.1) is 0 Å². The predicted molar refractivity (Wildman–Crippen MR) is 78.5 cm³/mol. The van der Waals surface area contributed by atoms with Crippen molar-refractivity contribution in [2.75, 3.05) is 11.1 Å². The minimum absolute atomic E-state index is 0.0776. The molecule has 1 atom stereocenters. The molecule has 0 bridgehead atoms. The van der Waals surface area contributed by atoms with Gasteiger partial charge in [0.1, 0.15) is 29.3 Å². The van der Waals surface area contributed by atoms with Crippen molar-refractivity contribution >= 4 is 11.6 Å². The maximum absolute atomic E-state index is 5.94. The van der Waals surface area contributed by atoms with Gasteiger partial charge in [0.05, 0.1) is 6.20 Å². The summed E-state index contributed by atoms with van der Waals surface area (Å²) in [4.78, 5) is 13.0. The monoisotopic (exact) mass is 275 g/mol. The summed E-state index contributed by atoms with van der Waals surface area (Å²) in [5.41, 5.74) is 6.79. The van der Waals surface area contributed by atoms with Gasteiger partial charge in [-0.25, -0.2) is 15.0 Å². The Hall–Kier alpha value is -2.11. The molecule has 0 fully saturated rings. The zero-order valence-electron chi connectivity index (χ0n) is 12.4. The first-order valence-electron chi connectivity index (χ1n) is 6.83. The lowest BCUT2D eigenvalue weighted by Crippen LogP contribution is -2.13. The number of nitrogens with one attached hydrogen (secondary N) is 1. The molecule has 6 heteroatoms. The van der Waals surface area contributed by atoms with E-state index >= 15 is 0 Å². The lowest BCUT2D eigenvalue weighted by molar-refractivity contribution is 0.453. The molecular formula is C14H21N5O. The maximum atomic E-state index is 5.94. The number of rotatable bonds is 5. The van der Waals surface area contributed by atoms with Crippen LogP contribution in [-0.4, -0.2) is 15.0 Å². The van der Waals surface area contributed by atoms with E-state index in [-0.39, 0.29) is 6.04 Å². The number of aromatic nitrogens is 3. The van der Waals surface area contributed by atoms with Crippen molar-refractivity contribution in [1.29, 1.82) is 0 Å². The Bertz CT molecular complexity index is 593. The Morgan fingerprint density at radius 3 is 2.70 bits per heavy atom. The van der Waals surface area contributed by atoms with Crippen molar-refractivity contribution in [3.8, 4) is 0 Å². The molecule has 1 unspecified atom stereocenters. The van der Waals surface area contributed by atoms with Crippen LogP contribution in [0.15, 0.2) is 10.6 Å². The molecule has 3 N–H and O–H groups in total. The minimum atomic E-state index is -0.0776. The van der Waals surface area contributed by atoms with Crippen LogP contribution < -0.4 is 11.1 Å². The summed E-state index contributed by atoms with van der Waals surface area (Å²) in [6, 6.07) is -0.0776. The SMILES string of the molecule is CCCc1nc(N)c(C)c(NC(C)c2ncc(C)o2)n1. The normalized spacial score (nSPS) is 12.4. The molecule has 2 aromatic rings. The van der Waals surface area contributed by atoms with E-state index in [0.717, 1.165) is 35.8 Å². The number of nitrogens with two attached hydrogens (primary N) is 1. The van der Waals surface area contributed by atoms with Gasteiger partial charge in [0, 0.05) is 12.0 Å². The fraction of sp³-hybridized carbons (Fsp3) is 0.500. The molecule has 0 spiro atoms. The van der Waals surface area contributed by atoms with Gasteiger partial charge in [-0.3, -0.25) is 0 Å². The predicted octanol–water partition coefficient (Wildman–Crippen LogP) is 2.79. The van der Waals surface area contributed by atoms with Gasteiger partial charge in [-0.2, -0.15) is 0 Å². The van der Waals surface area contributed by atoms with Gasteiger partial charge >= 0.3 is 0 Å². The van der Waals surface area contributed by atoms with Crippen LogP contribution in [0.4, 0.5) is 11.6 Å². The highest BCUT2D eigenvalue weighted by atomic mass is 16.4. The second kappa shape index (κ2) is 5.90. The van der Waals surface area contributed by atoms with Crippen LogP contribution >= 0.6 is 0 Å². The number of hydrogen-bond acceptors (Lipinski definition) is 6.